The Morgan fingerprint density at radius 3 is 2.37 bits per heavy atom. The van der Waals surface area contributed by atoms with E-state index in [1.807, 2.05) is 4.90 Å². The Bertz CT molecular complexity index is 291. The molecule has 0 aliphatic heterocycles. The molecule has 0 aromatic heterocycles. The third kappa shape index (κ3) is 3.85. The predicted molar refractivity (Wildman–Crippen MR) is 67.8 cm³/mol. The van der Waals surface area contributed by atoms with E-state index in [1.165, 1.54) is 0 Å². The Morgan fingerprint density at radius 1 is 1.16 bits per heavy atom. The molecule has 0 heterocycles. The van der Waals surface area contributed by atoms with Crippen LogP contribution in [-0.2, 0) is 0 Å². The average Bonchev–Trinajstić information content (AvgIpc) is 3.12. The van der Waals surface area contributed by atoms with Crippen LogP contribution in [0.1, 0.15) is 51.9 Å². The van der Waals surface area contributed by atoms with E-state index < -0.39 is 24.2 Å². The minimum atomic E-state index is -4.13. The summed E-state index contributed by atoms with van der Waals surface area (Å²) in [5.41, 5.74) is 0. The molecule has 19 heavy (non-hydrogen) atoms. The lowest BCUT2D eigenvalue weighted by atomic mass is 9.81. The van der Waals surface area contributed by atoms with Gasteiger partial charge in [-0.3, -0.25) is 4.90 Å². The minimum Gasteiger partial charge on any atom is -0.393 e. The molecule has 0 amide bonds. The summed E-state index contributed by atoms with van der Waals surface area (Å²) in [6, 6.07) is -0.186. The smallest absolute Gasteiger partial charge is 0.393 e. The molecule has 0 spiro atoms. The molecule has 2 fully saturated rings. The first kappa shape index (κ1) is 15.1. The number of aliphatic hydroxyl groups is 1. The number of nitrogens with zero attached hydrogens (tertiary/aromatic N) is 1. The summed E-state index contributed by atoms with van der Waals surface area (Å²) in [6.45, 7) is 2.80. The molecule has 0 bridgehead atoms. The van der Waals surface area contributed by atoms with Crippen LogP contribution in [0.25, 0.3) is 0 Å². The molecule has 3 unspecified atom stereocenters. The highest BCUT2D eigenvalue weighted by molar-refractivity contribution is 4.96. The van der Waals surface area contributed by atoms with Gasteiger partial charge in [-0.1, -0.05) is 13.3 Å². The lowest BCUT2D eigenvalue weighted by Crippen LogP contribution is -2.51. The van der Waals surface area contributed by atoms with E-state index >= 15 is 0 Å². The van der Waals surface area contributed by atoms with Crippen LogP contribution in [0.5, 0.6) is 0 Å². The van der Waals surface area contributed by atoms with Gasteiger partial charge in [-0.2, -0.15) is 13.2 Å². The lowest BCUT2D eigenvalue weighted by Gasteiger charge is -2.42. The molecular weight excluding hydrogens is 255 g/mol. The van der Waals surface area contributed by atoms with Crippen LogP contribution in [0.2, 0.25) is 0 Å². The SMILES string of the molecule is CCCCN(C1CC1)C1CC(O)CCC1C(F)(F)F. The largest absolute Gasteiger partial charge is 0.393 e. The van der Waals surface area contributed by atoms with Crippen LogP contribution in [0.4, 0.5) is 13.2 Å². The van der Waals surface area contributed by atoms with Crippen molar-refractivity contribution in [1.82, 2.24) is 4.90 Å². The van der Waals surface area contributed by atoms with Gasteiger partial charge in [-0.05, 0) is 45.1 Å². The van der Waals surface area contributed by atoms with Crippen molar-refractivity contribution >= 4 is 0 Å². The van der Waals surface area contributed by atoms with E-state index in [-0.39, 0.29) is 19.3 Å². The third-order valence-corrected chi connectivity index (χ3v) is 4.42. The van der Waals surface area contributed by atoms with Crippen LogP contribution >= 0.6 is 0 Å². The summed E-state index contributed by atoms with van der Waals surface area (Å²) < 4.78 is 39.5. The Balaban J connectivity index is 2.09. The zero-order valence-electron chi connectivity index (χ0n) is 11.5. The van der Waals surface area contributed by atoms with Gasteiger partial charge in [-0.15, -0.1) is 0 Å². The zero-order valence-corrected chi connectivity index (χ0v) is 11.5. The van der Waals surface area contributed by atoms with E-state index in [0.717, 1.165) is 32.2 Å². The van der Waals surface area contributed by atoms with Crippen molar-refractivity contribution in [2.24, 2.45) is 5.92 Å². The van der Waals surface area contributed by atoms with E-state index in [9.17, 15) is 18.3 Å². The number of hydrogen-bond acceptors (Lipinski definition) is 2. The molecule has 3 atom stereocenters. The minimum absolute atomic E-state index is 0.0741. The first-order valence-electron chi connectivity index (χ1n) is 7.44. The molecule has 0 aromatic carbocycles. The molecule has 112 valence electrons. The van der Waals surface area contributed by atoms with E-state index in [4.69, 9.17) is 0 Å². The first-order valence-corrected chi connectivity index (χ1v) is 7.44. The third-order valence-electron chi connectivity index (χ3n) is 4.42. The Hall–Kier alpha value is -0.290. The van der Waals surface area contributed by atoms with Crippen LogP contribution < -0.4 is 0 Å². The van der Waals surface area contributed by atoms with Crippen molar-refractivity contribution in [3.63, 3.8) is 0 Å². The fraction of sp³-hybridized carbons (Fsp3) is 1.00. The van der Waals surface area contributed by atoms with Gasteiger partial charge in [-0.25, -0.2) is 0 Å². The normalized spacial score (nSPS) is 32.8. The highest BCUT2D eigenvalue weighted by atomic mass is 19.4. The van der Waals surface area contributed by atoms with Gasteiger partial charge in [0.2, 0.25) is 0 Å². The summed E-state index contributed by atoms with van der Waals surface area (Å²) >= 11 is 0. The fourth-order valence-corrected chi connectivity index (χ4v) is 3.24. The first-order chi connectivity index (χ1) is 8.93. The van der Waals surface area contributed by atoms with Gasteiger partial charge >= 0.3 is 6.18 Å². The van der Waals surface area contributed by atoms with Crippen molar-refractivity contribution in [2.75, 3.05) is 6.54 Å². The Morgan fingerprint density at radius 2 is 1.84 bits per heavy atom. The second kappa shape index (κ2) is 6.00. The molecule has 0 aromatic rings. The highest BCUT2D eigenvalue weighted by Gasteiger charge is 2.50. The van der Waals surface area contributed by atoms with E-state index in [2.05, 4.69) is 6.92 Å². The van der Waals surface area contributed by atoms with Crippen LogP contribution in [0.15, 0.2) is 0 Å². The molecule has 2 saturated carbocycles. The van der Waals surface area contributed by atoms with Crippen molar-refractivity contribution in [3.8, 4) is 0 Å². The maximum absolute atomic E-state index is 13.2. The zero-order chi connectivity index (χ0) is 14.0. The number of hydrogen-bond donors (Lipinski definition) is 1. The molecule has 2 nitrogen and oxygen atoms in total. The quantitative estimate of drug-likeness (QED) is 0.834. The summed E-state index contributed by atoms with van der Waals surface area (Å²) in [6.07, 6.45) is -0.0944. The molecule has 0 saturated heterocycles. The maximum Gasteiger partial charge on any atom is 0.393 e. The molecule has 0 radical (unpaired) electrons. The lowest BCUT2D eigenvalue weighted by molar-refractivity contribution is -0.205. The van der Waals surface area contributed by atoms with Crippen LogP contribution in [0, 0.1) is 5.92 Å². The van der Waals surface area contributed by atoms with Gasteiger partial charge in [0.15, 0.2) is 0 Å². The Kier molecular flexibility index (Phi) is 4.77. The number of aliphatic hydroxyl groups excluding tert-OH is 1. The van der Waals surface area contributed by atoms with E-state index in [0.29, 0.717) is 6.04 Å². The molecule has 2 aliphatic rings. The number of unbranched alkanes of at least 4 members (excludes halogenated alkanes) is 1. The summed E-state index contributed by atoms with van der Waals surface area (Å²) in [4.78, 5) is 2.05. The predicted octanol–water partition coefficient (Wildman–Crippen LogP) is 3.34. The van der Waals surface area contributed by atoms with Crippen molar-refractivity contribution in [3.05, 3.63) is 0 Å². The number of halogens is 3. The number of rotatable bonds is 5. The second-order valence-electron chi connectivity index (χ2n) is 6.00. The van der Waals surface area contributed by atoms with Gasteiger partial charge in [0, 0.05) is 12.1 Å². The van der Waals surface area contributed by atoms with Crippen LogP contribution in [-0.4, -0.2) is 40.9 Å². The maximum atomic E-state index is 13.2. The monoisotopic (exact) mass is 279 g/mol. The van der Waals surface area contributed by atoms with Crippen molar-refractivity contribution in [2.45, 2.75) is 76.2 Å². The second-order valence-corrected chi connectivity index (χ2v) is 6.00. The summed E-state index contributed by atoms with van der Waals surface area (Å²) in [7, 11) is 0. The van der Waals surface area contributed by atoms with Crippen molar-refractivity contribution < 1.29 is 18.3 Å². The summed E-state index contributed by atoms with van der Waals surface area (Å²) in [5, 5.41) is 9.75. The summed E-state index contributed by atoms with van der Waals surface area (Å²) in [5.74, 6) is -1.26. The van der Waals surface area contributed by atoms with E-state index in [1.54, 1.807) is 0 Å². The van der Waals surface area contributed by atoms with Gasteiger partial charge in [0.25, 0.3) is 0 Å². The molecule has 5 heteroatoms. The average molecular weight is 279 g/mol. The molecule has 2 rings (SSSR count). The molecule has 2 aliphatic carbocycles. The number of alkyl halides is 3. The standard InChI is InChI=1S/C14H24F3NO/c1-2-3-8-18(10-4-5-10)13-9-11(19)6-7-12(13)14(15,16)17/h10-13,19H,2-9H2,1H3. The Labute approximate surface area is 113 Å². The van der Waals surface area contributed by atoms with Crippen LogP contribution in [0.3, 0.4) is 0 Å². The topological polar surface area (TPSA) is 23.5 Å². The highest BCUT2D eigenvalue weighted by Crippen LogP contribution is 2.43. The molecule has 1 N–H and O–H groups in total. The fourth-order valence-electron chi connectivity index (χ4n) is 3.24. The van der Waals surface area contributed by atoms with Crippen molar-refractivity contribution in [1.29, 1.82) is 0 Å². The molecular formula is C14H24F3NO. The van der Waals surface area contributed by atoms with Gasteiger partial charge in [0.05, 0.1) is 12.0 Å². The van der Waals surface area contributed by atoms with Gasteiger partial charge < -0.3 is 5.11 Å². The van der Waals surface area contributed by atoms with Gasteiger partial charge in [0.1, 0.15) is 0 Å².